The number of alkyl halides is 3. The summed E-state index contributed by atoms with van der Waals surface area (Å²) in [5.74, 6) is 0.393. The van der Waals surface area contributed by atoms with Crippen LogP contribution in [0.3, 0.4) is 0 Å². The number of nitrogens with one attached hydrogen (secondary N) is 1. The second-order valence-electron chi connectivity index (χ2n) is 7.70. The molecule has 1 aliphatic heterocycles. The number of hydrogen-bond donors (Lipinski definition) is 1. The summed E-state index contributed by atoms with van der Waals surface area (Å²) in [5, 5.41) is 7.50. The Morgan fingerprint density at radius 1 is 1.28 bits per heavy atom. The van der Waals surface area contributed by atoms with Crippen molar-refractivity contribution in [1.29, 1.82) is 0 Å². The standard InChI is InChI=1S/C22H18Cl2F3N5O2S2/c1-12-7-13(23)8-14(21(34)31-36-6-5-35-11-36)17(12)30-20(33)15-9-29-32(10-22(25,26)27)19(15)18-16(24)3-2-4-28-18/h2-4,7-9H,5-6,10-11H2,1H3,(H,30,33). The summed E-state index contributed by atoms with van der Waals surface area (Å²) in [6, 6.07) is 5.93. The largest absolute Gasteiger partial charge is 0.408 e. The average Bonchev–Trinajstić information content (AvgIpc) is 3.44. The van der Waals surface area contributed by atoms with Gasteiger partial charge in [-0.2, -0.15) is 22.6 Å². The van der Waals surface area contributed by atoms with Gasteiger partial charge < -0.3 is 5.32 Å². The molecule has 0 saturated carbocycles. The highest BCUT2D eigenvalue weighted by Crippen LogP contribution is 2.33. The van der Waals surface area contributed by atoms with Gasteiger partial charge in [0, 0.05) is 22.7 Å². The van der Waals surface area contributed by atoms with Crippen molar-refractivity contribution in [1.82, 2.24) is 14.8 Å². The summed E-state index contributed by atoms with van der Waals surface area (Å²) in [6.45, 7) is 0.195. The van der Waals surface area contributed by atoms with E-state index >= 15 is 0 Å². The second-order valence-corrected chi connectivity index (χ2v) is 11.8. The molecule has 0 spiro atoms. The monoisotopic (exact) mass is 575 g/mol. The first-order chi connectivity index (χ1) is 17.0. The first-order valence-corrected chi connectivity index (χ1v) is 13.8. The zero-order valence-corrected chi connectivity index (χ0v) is 21.7. The van der Waals surface area contributed by atoms with Gasteiger partial charge in [-0.25, -0.2) is 0 Å². The zero-order chi connectivity index (χ0) is 26.0. The van der Waals surface area contributed by atoms with Gasteiger partial charge in [0.05, 0.1) is 33.1 Å². The Morgan fingerprint density at radius 2 is 2.06 bits per heavy atom. The summed E-state index contributed by atoms with van der Waals surface area (Å²) in [4.78, 5) is 30.4. The maximum atomic E-state index is 13.4. The molecule has 36 heavy (non-hydrogen) atoms. The lowest BCUT2D eigenvalue weighted by atomic mass is 10.1. The quantitative estimate of drug-likeness (QED) is 0.401. The molecule has 1 atom stereocenters. The molecule has 7 nitrogen and oxygen atoms in total. The molecule has 1 N–H and O–H groups in total. The van der Waals surface area contributed by atoms with Crippen molar-refractivity contribution >= 4 is 63.2 Å². The molecular formula is C22H18Cl2F3N5O2S2. The van der Waals surface area contributed by atoms with Crippen LogP contribution in [-0.2, 0) is 17.2 Å². The highest BCUT2D eigenvalue weighted by atomic mass is 35.5. The van der Waals surface area contributed by atoms with Gasteiger partial charge in [-0.1, -0.05) is 33.9 Å². The van der Waals surface area contributed by atoms with Gasteiger partial charge in [-0.3, -0.25) is 19.3 Å². The Hall–Kier alpha value is -2.41. The van der Waals surface area contributed by atoms with Gasteiger partial charge in [-0.05, 0) is 36.8 Å². The molecule has 3 heterocycles. The molecule has 1 unspecified atom stereocenters. The van der Waals surface area contributed by atoms with Gasteiger partial charge >= 0.3 is 6.18 Å². The topological polar surface area (TPSA) is 89.2 Å². The number of thioether (sulfide) groups is 1. The molecule has 1 aliphatic rings. The second kappa shape index (κ2) is 10.9. The fourth-order valence-corrected chi connectivity index (χ4v) is 7.59. The van der Waals surface area contributed by atoms with E-state index in [0.717, 1.165) is 22.8 Å². The third-order valence-corrected chi connectivity index (χ3v) is 9.19. The molecular weight excluding hydrogens is 558 g/mol. The van der Waals surface area contributed by atoms with E-state index < -0.39 is 35.2 Å². The van der Waals surface area contributed by atoms with Crippen LogP contribution in [0.15, 0.2) is 41.0 Å². The van der Waals surface area contributed by atoms with E-state index in [2.05, 4.69) is 19.8 Å². The molecule has 190 valence electrons. The molecule has 0 radical (unpaired) electrons. The predicted molar refractivity (Wildman–Crippen MR) is 137 cm³/mol. The molecule has 2 amide bonds. The van der Waals surface area contributed by atoms with E-state index in [4.69, 9.17) is 23.2 Å². The number of halogens is 5. The van der Waals surface area contributed by atoms with Crippen LogP contribution < -0.4 is 5.32 Å². The van der Waals surface area contributed by atoms with Gasteiger partial charge in [0.15, 0.2) is 0 Å². The Balaban J connectivity index is 1.76. The van der Waals surface area contributed by atoms with Crippen molar-refractivity contribution in [3.8, 4) is 11.4 Å². The van der Waals surface area contributed by atoms with E-state index in [1.165, 1.54) is 24.4 Å². The molecule has 1 fully saturated rings. The SMILES string of the molecule is Cc1cc(Cl)cc(C(=O)N=S2CCSC2)c1NC(=O)c1cnn(CC(F)(F)F)c1-c1ncccc1Cl. The number of amides is 2. The van der Waals surface area contributed by atoms with Crippen LogP contribution >= 0.6 is 35.0 Å². The minimum atomic E-state index is -4.61. The lowest BCUT2D eigenvalue weighted by molar-refractivity contribution is -0.142. The molecule has 4 rings (SSSR count). The third-order valence-electron chi connectivity index (χ3n) is 5.06. The van der Waals surface area contributed by atoms with Crippen LogP contribution in [0, 0.1) is 6.92 Å². The summed E-state index contributed by atoms with van der Waals surface area (Å²) >= 11 is 14.1. The predicted octanol–water partition coefficient (Wildman–Crippen LogP) is 6.02. The number of nitrogens with zero attached hydrogens (tertiary/aromatic N) is 4. The molecule has 1 aromatic carbocycles. The van der Waals surface area contributed by atoms with E-state index in [0.29, 0.717) is 10.2 Å². The lowest BCUT2D eigenvalue weighted by Gasteiger charge is -2.15. The van der Waals surface area contributed by atoms with Crippen LogP contribution in [-0.4, -0.2) is 49.3 Å². The Labute approximate surface area is 220 Å². The lowest BCUT2D eigenvalue weighted by Crippen LogP contribution is -2.21. The minimum absolute atomic E-state index is 0.0369. The maximum absolute atomic E-state index is 13.4. The summed E-state index contributed by atoms with van der Waals surface area (Å²) < 4.78 is 44.6. The molecule has 3 aromatic rings. The number of carbonyl (C=O) groups is 2. The fourth-order valence-electron chi connectivity index (χ4n) is 3.52. The maximum Gasteiger partial charge on any atom is 0.408 e. The summed E-state index contributed by atoms with van der Waals surface area (Å²) in [5.41, 5.74) is 0.305. The number of aryl methyl sites for hydroxylation is 1. The van der Waals surface area contributed by atoms with Crippen molar-refractivity contribution < 1.29 is 22.8 Å². The fraction of sp³-hybridized carbons (Fsp3) is 0.273. The third kappa shape index (κ3) is 6.10. The first-order valence-electron chi connectivity index (χ1n) is 10.4. The van der Waals surface area contributed by atoms with E-state index in [9.17, 15) is 22.8 Å². The number of anilines is 1. The van der Waals surface area contributed by atoms with Crippen molar-refractivity contribution in [3.63, 3.8) is 0 Å². The minimum Gasteiger partial charge on any atom is -0.321 e. The van der Waals surface area contributed by atoms with Crippen molar-refractivity contribution in [2.75, 3.05) is 21.9 Å². The number of benzene rings is 1. The Kier molecular flexibility index (Phi) is 8.08. The molecule has 2 aromatic heterocycles. The average molecular weight is 576 g/mol. The molecule has 0 bridgehead atoms. The van der Waals surface area contributed by atoms with Crippen LogP contribution in [0.2, 0.25) is 10.0 Å². The van der Waals surface area contributed by atoms with E-state index in [1.54, 1.807) is 24.8 Å². The van der Waals surface area contributed by atoms with Gasteiger partial charge in [0.25, 0.3) is 11.8 Å². The Morgan fingerprint density at radius 3 is 2.72 bits per heavy atom. The van der Waals surface area contributed by atoms with Crippen LogP contribution in [0.1, 0.15) is 26.3 Å². The number of aromatic nitrogens is 3. The number of carbonyl (C=O) groups excluding carboxylic acids is 2. The van der Waals surface area contributed by atoms with Gasteiger partial charge in [0.2, 0.25) is 0 Å². The van der Waals surface area contributed by atoms with Gasteiger partial charge in [0.1, 0.15) is 17.9 Å². The van der Waals surface area contributed by atoms with Crippen molar-refractivity contribution in [3.05, 3.63) is 63.4 Å². The molecule has 14 heteroatoms. The smallest absolute Gasteiger partial charge is 0.321 e. The highest BCUT2D eigenvalue weighted by Gasteiger charge is 2.32. The Bertz CT molecular complexity index is 1370. The summed E-state index contributed by atoms with van der Waals surface area (Å²) in [7, 11) is -0.426. The normalized spacial score (nSPS) is 15.9. The highest BCUT2D eigenvalue weighted by molar-refractivity contribution is 8.14. The van der Waals surface area contributed by atoms with Crippen molar-refractivity contribution in [2.45, 2.75) is 19.6 Å². The van der Waals surface area contributed by atoms with Crippen molar-refractivity contribution in [2.24, 2.45) is 4.36 Å². The number of rotatable bonds is 5. The summed E-state index contributed by atoms with van der Waals surface area (Å²) in [6.07, 6.45) is -2.25. The first kappa shape index (κ1) is 26.6. The zero-order valence-electron chi connectivity index (χ0n) is 18.6. The van der Waals surface area contributed by atoms with Crippen LogP contribution in [0.5, 0.6) is 0 Å². The van der Waals surface area contributed by atoms with Gasteiger partial charge in [-0.15, -0.1) is 11.8 Å². The van der Waals surface area contributed by atoms with Crippen LogP contribution in [0.4, 0.5) is 18.9 Å². The number of hydrogen-bond acceptors (Lipinski definition) is 5. The number of pyridine rings is 1. The van der Waals surface area contributed by atoms with Crippen LogP contribution in [0.25, 0.3) is 11.4 Å². The molecule has 1 saturated heterocycles. The van der Waals surface area contributed by atoms with E-state index in [-0.39, 0.29) is 38.2 Å². The molecule has 0 aliphatic carbocycles. The van der Waals surface area contributed by atoms with E-state index in [1.807, 2.05) is 0 Å².